The molecule has 7 heteroatoms. The topological polar surface area (TPSA) is 67.2 Å². The van der Waals surface area contributed by atoms with Gasteiger partial charge >= 0.3 is 0 Å². The average molecular weight is 473 g/mol. The maximum atomic E-state index is 13.4. The second-order valence-corrected chi connectivity index (χ2v) is 9.83. The largest absolute Gasteiger partial charge is 0.352 e. The van der Waals surface area contributed by atoms with Gasteiger partial charge in [0.2, 0.25) is 11.9 Å². The van der Waals surface area contributed by atoms with Gasteiger partial charge in [0.25, 0.3) is 5.56 Å². The zero-order valence-electron chi connectivity index (χ0n) is 19.2. The SMILES string of the molecule is Cc1ccc(Cn2c(N3CCC[C@H](C(=O)NCc4ccccc4)C3)nc3ccsc3c2=O)cc1. The lowest BCUT2D eigenvalue weighted by molar-refractivity contribution is -0.125. The van der Waals surface area contributed by atoms with Crippen LogP contribution in [-0.2, 0) is 17.9 Å². The van der Waals surface area contributed by atoms with E-state index in [0.29, 0.717) is 30.3 Å². The molecule has 0 aliphatic carbocycles. The Morgan fingerprint density at radius 1 is 1.09 bits per heavy atom. The molecule has 0 spiro atoms. The van der Waals surface area contributed by atoms with E-state index in [1.165, 1.54) is 16.9 Å². The van der Waals surface area contributed by atoms with E-state index < -0.39 is 0 Å². The number of aryl methyl sites for hydroxylation is 1. The third kappa shape index (κ3) is 4.75. The second kappa shape index (κ2) is 9.81. The summed E-state index contributed by atoms with van der Waals surface area (Å²) in [5.74, 6) is 0.565. The summed E-state index contributed by atoms with van der Waals surface area (Å²) >= 11 is 1.43. The van der Waals surface area contributed by atoms with Crippen LogP contribution in [0.4, 0.5) is 5.95 Å². The molecule has 34 heavy (non-hydrogen) atoms. The van der Waals surface area contributed by atoms with E-state index in [0.717, 1.165) is 36.0 Å². The molecule has 174 valence electrons. The highest BCUT2D eigenvalue weighted by Gasteiger charge is 2.28. The normalized spacial score (nSPS) is 16.0. The summed E-state index contributed by atoms with van der Waals surface area (Å²) in [5, 5.41) is 5.00. The summed E-state index contributed by atoms with van der Waals surface area (Å²) in [7, 11) is 0. The summed E-state index contributed by atoms with van der Waals surface area (Å²) in [5.41, 5.74) is 4.02. The number of nitrogens with zero attached hydrogens (tertiary/aromatic N) is 3. The van der Waals surface area contributed by atoms with E-state index in [-0.39, 0.29) is 17.4 Å². The fourth-order valence-corrected chi connectivity index (χ4v) is 5.27. The van der Waals surface area contributed by atoms with Gasteiger partial charge in [-0.25, -0.2) is 4.98 Å². The predicted octanol–water partition coefficient (Wildman–Crippen LogP) is 4.35. The molecule has 5 rings (SSSR count). The first-order chi connectivity index (χ1) is 16.6. The third-order valence-electron chi connectivity index (χ3n) is 6.39. The average Bonchev–Trinajstić information content (AvgIpc) is 3.35. The van der Waals surface area contributed by atoms with E-state index >= 15 is 0 Å². The lowest BCUT2D eigenvalue weighted by Crippen LogP contribution is -2.45. The number of fused-ring (bicyclic) bond motifs is 1. The van der Waals surface area contributed by atoms with Crippen LogP contribution in [0.1, 0.15) is 29.5 Å². The number of amides is 1. The van der Waals surface area contributed by atoms with Gasteiger partial charge in [0.15, 0.2) is 0 Å². The molecule has 2 aromatic carbocycles. The fraction of sp³-hybridized carbons (Fsp3) is 0.296. The molecule has 2 aromatic heterocycles. The first kappa shape index (κ1) is 22.3. The molecule has 1 aliphatic heterocycles. The molecule has 0 bridgehead atoms. The Morgan fingerprint density at radius 3 is 2.68 bits per heavy atom. The van der Waals surface area contributed by atoms with Gasteiger partial charge in [-0.15, -0.1) is 11.3 Å². The van der Waals surface area contributed by atoms with Crippen LogP contribution in [-0.4, -0.2) is 28.5 Å². The number of aromatic nitrogens is 2. The Morgan fingerprint density at radius 2 is 1.88 bits per heavy atom. The van der Waals surface area contributed by atoms with Crippen molar-refractivity contribution in [1.82, 2.24) is 14.9 Å². The minimum Gasteiger partial charge on any atom is -0.352 e. The monoisotopic (exact) mass is 472 g/mol. The molecule has 1 saturated heterocycles. The van der Waals surface area contributed by atoms with Crippen molar-refractivity contribution in [3.8, 4) is 0 Å². The number of carbonyl (C=O) groups excluding carboxylic acids is 1. The first-order valence-corrected chi connectivity index (χ1v) is 12.6. The van der Waals surface area contributed by atoms with Gasteiger partial charge < -0.3 is 10.2 Å². The zero-order valence-corrected chi connectivity index (χ0v) is 20.1. The van der Waals surface area contributed by atoms with Crippen molar-refractivity contribution in [1.29, 1.82) is 0 Å². The summed E-state index contributed by atoms with van der Waals surface area (Å²) in [6, 6.07) is 20.1. The molecular formula is C27H28N4O2S. The summed E-state index contributed by atoms with van der Waals surface area (Å²) in [4.78, 5) is 33.4. The van der Waals surface area contributed by atoms with Crippen molar-refractivity contribution in [3.63, 3.8) is 0 Å². The van der Waals surface area contributed by atoms with Crippen molar-refractivity contribution in [2.45, 2.75) is 32.9 Å². The van der Waals surface area contributed by atoms with E-state index in [4.69, 9.17) is 4.98 Å². The highest BCUT2D eigenvalue weighted by molar-refractivity contribution is 7.17. The fourth-order valence-electron chi connectivity index (χ4n) is 4.49. The second-order valence-electron chi connectivity index (χ2n) is 8.91. The standard InChI is InChI=1S/C27H28N4O2S/c1-19-9-11-21(12-10-19)17-31-26(33)24-23(13-15-34-24)29-27(31)30-14-5-8-22(18-30)25(32)28-16-20-6-3-2-4-7-20/h2-4,6-7,9-13,15,22H,5,8,14,16-18H2,1H3,(H,28,32)/t22-/m0/s1. The maximum Gasteiger partial charge on any atom is 0.273 e. The van der Waals surface area contributed by atoms with Crippen molar-refractivity contribution in [2.24, 2.45) is 5.92 Å². The first-order valence-electron chi connectivity index (χ1n) is 11.7. The molecule has 0 saturated carbocycles. The summed E-state index contributed by atoms with van der Waals surface area (Å²) < 4.78 is 2.44. The van der Waals surface area contributed by atoms with E-state index in [1.54, 1.807) is 4.57 Å². The minimum atomic E-state index is -0.139. The highest BCUT2D eigenvalue weighted by atomic mass is 32.1. The van der Waals surface area contributed by atoms with Crippen LogP contribution in [0.3, 0.4) is 0 Å². The van der Waals surface area contributed by atoms with E-state index in [2.05, 4.69) is 41.4 Å². The predicted molar refractivity (Wildman–Crippen MR) is 137 cm³/mol. The van der Waals surface area contributed by atoms with E-state index in [1.807, 2.05) is 41.8 Å². The molecule has 3 heterocycles. The maximum absolute atomic E-state index is 13.4. The Balaban J connectivity index is 1.40. The van der Waals surface area contributed by atoms with Gasteiger partial charge in [-0.05, 0) is 42.3 Å². The molecule has 0 radical (unpaired) electrons. The Labute approximate surface area is 202 Å². The van der Waals surface area contributed by atoms with Crippen LogP contribution in [0.2, 0.25) is 0 Å². The number of hydrogen-bond acceptors (Lipinski definition) is 5. The molecule has 1 atom stereocenters. The molecule has 4 aromatic rings. The summed E-state index contributed by atoms with van der Waals surface area (Å²) in [6.07, 6.45) is 1.71. The van der Waals surface area contributed by atoms with Gasteiger partial charge in [0.1, 0.15) is 4.70 Å². The van der Waals surface area contributed by atoms with Gasteiger partial charge in [-0.1, -0.05) is 60.2 Å². The molecule has 1 N–H and O–H groups in total. The van der Waals surface area contributed by atoms with Crippen LogP contribution in [0.15, 0.2) is 70.8 Å². The van der Waals surface area contributed by atoms with Crippen LogP contribution >= 0.6 is 11.3 Å². The smallest absolute Gasteiger partial charge is 0.273 e. The third-order valence-corrected chi connectivity index (χ3v) is 7.28. The van der Waals surface area contributed by atoms with Crippen molar-refractivity contribution >= 4 is 33.4 Å². The lowest BCUT2D eigenvalue weighted by atomic mass is 9.97. The van der Waals surface area contributed by atoms with Gasteiger partial charge in [-0.2, -0.15) is 0 Å². The Hall–Kier alpha value is -3.45. The van der Waals surface area contributed by atoms with Crippen LogP contribution in [0.5, 0.6) is 0 Å². The molecule has 6 nitrogen and oxygen atoms in total. The quantitative estimate of drug-likeness (QED) is 0.453. The minimum absolute atomic E-state index is 0.0220. The van der Waals surface area contributed by atoms with Crippen LogP contribution in [0.25, 0.3) is 10.2 Å². The number of benzene rings is 2. The molecule has 1 amide bonds. The number of piperidine rings is 1. The van der Waals surface area contributed by atoms with Gasteiger partial charge in [-0.3, -0.25) is 14.2 Å². The van der Waals surface area contributed by atoms with Crippen LogP contribution in [0, 0.1) is 12.8 Å². The molecule has 1 fully saturated rings. The number of nitrogens with one attached hydrogen (secondary N) is 1. The highest BCUT2D eigenvalue weighted by Crippen LogP contribution is 2.25. The van der Waals surface area contributed by atoms with Gasteiger partial charge in [0.05, 0.1) is 18.0 Å². The van der Waals surface area contributed by atoms with E-state index in [9.17, 15) is 9.59 Å². The molecule has 1 aliphatic rings. The molecular weight excluding hydrogens is 444 g/mol. The van der Waals surface area contributed by atoms with Crippen molar-refractivity contribution < 1.29 is 4.79 Å². The number of hydrogen-bond donors (Lipinski definition) is 1. The Kier molecular flexibility index (Phi) is 6.45. The number of carbonyl (C=O) groups is 1. The lowest BCUT2D eigenvalue weighted by Gasteiger charge is -2.34. The van der Waals surface area contributed by atoms with Gasteiger partial charge in [0, 0.05) is 19.6 Å². The number of anilines is 1. The summed E-state index contributed by atoms with van der Waals surface area (Å²) in [6.45, 7) is 4.36. The zero-order chi connectivity index (χ0) is 23.5. The Bertz CT molecular complexity index is 1340. The van der Waals surface area contributed by atoms with Crippen molar-refractivity contribution in [2.75, 3.05) is 18.0 Å². The number of rotatable bonds is 6. The molecule has 0 unspecified atom stereocenters. The van der Waals surface area contributed by atoms with Crippen LogP contribution < -0.4 is 15.8 Å². The van der Waals surface area contributed by atoms with Crippen molar-refractivity contribution in [3.05, 3.63) is 93.1 Å². The number of thiophene rings is 1.